The molecule has 0 saturated heterocycles. The van der Waals surface area contributed by atoms with E-state index in [4.69, 9.17) is 4.74 Å². The molecule has 0 radical (unpaired) electrons. The average Bonchev–Trinajstić information content (AvgIpc) is 2.53. The first-order chi connectivity index (χ1) is 11.0. The number of rotatable bonds is 5. The van der Waals surface area contributed by atoms with Crippen LogP contribution in [0.5, 0.6) is 0 Å². The summed E-state index contributed by atoms with van der Waals surface area (Å²) in [5.74, 6) is -0.714. The molecule has 0 aliphatic carbocycles. The monoisotopic (exact) mass is 308 g/mol. The number of aryl methyl sites for hydroxylation is 3. The smallest absolute Gasteiger partial charge is 0.331 e. The Hall–Kier alpha value is -2.68. The zero-order valence-electron chi connectivity index (χ0n) is 13.6. The molecular weight excluding hydrogens is 288 g/mol. The number of benzene rings is 2. The van der Waals surface area contributed by atoms with Crippen LogP contribution >= 0.6 is 0 Å². The Morgan fingerprint density at radius 1 is 1.00 bits per heavy atom. The van der Waals surface area contributed by atoms with Crippen molar-refractivity contribution in [1.29, 1.82) is 0 Å². The van der Waals surface area contributed by atoms with Gasteiger partial charge in [-0.25, -0.2) is 4.79 Å². The molecule has 0 aliphatic heterocycles. The lowest BCUT2D eigenvalue weighted by molar-refractivity contribution is -0.136. The quantitative estimate of drug-likeness (QED) is 0.475. The molecule has 0 spiro atoms. The van der Waals surface area contributed by atoms with Crippen molar-refractivity contribution in [2.45, 2.75) is 20.8 Å². The zero-order chi connectivity index (χ0) is 16.8. The van der Waals surface area contributed by atoms with Crippen molar-refractivity contribution in [2.24, 2.45) is 0 Å². The summed E-state index contributed by atoms with van der Waals surface area (Å²) in [6.07, 6.45) is 3.02. The van der Waals surface area contributed by atoms with Crippen LogP contribution in [0.4, 0.5) is 0 Å². The second kappa shape index (κ2) is 7.54. The molecule has 2 aromatic rings. The van der Waals surface area contributed by atoms with E-state index in [0.29, 0.717) is 5.56 Å². The SMILES string of the molecule is Cc1cccc(/C=C/C(=O)OCC(=O)c2cc(C)ccc2C)c1. The van der Waals surface area contributed by atoms with Gasteiger partial charge < -0.3 is 4.74 Å². The number of ketones is 1. The predicted octanol–water partition coefficient (Wildman–Crippen LogP) is 4.05. The molecule has 0 amide bonds. The van der Waals surface area contributed by atoms with Crippen LogP contribution in [-0.4, -0.2) is 18.4 Å². The van der Waals surface area contributed by atoms with Crippen LogP contribution in [0.15, 0.2) is 48.5 Å². The van der Waals surface area contributed by atoms with E-state index in [1.54, 1.807) is 6.08 Å². The molecule has 0 N–H and O–H groups in total. The van der Waals surface area contributed by atoms with Crippen LogP contribution in [-0.2, 0) is 9.53 Å². The van der Waals surface area contributed by atoms with E-state index in [1.807, 2.05) is 63.2 Å². The van der Waals surface area contributed by atoms with Crippen LogP contribution in [0.1, 0.15) is 32.6 Å². The first kappa shape index (κ1) is 16.7. The highest BCUT2D eigenvalue weighted by molar-refractivity contribution is 6.00. The highest BCUT2D eigenvalue weighted by Crippen LogP contribution is 2.12. The van der Waals surface area contributed by atoms with E-state index < -0.39 is 5.97 Å². The molecule has 3 heteroatoms. The van der Waals surface area contributed by atoms with Gasteiger partial charge in [0.25, 0.3) is 0 Å². The number of ether oxygens (including phenoxy) is 1. The number of carbonyl (C=O) groups is 2. The number of carbonyl (C=O) groups excluding carboxylic acids is 2. The Balaban J connectivity index is 1.94. The van der Waals surface area contributed by atoms with E-state index >= 15 is 0 Å². The van der Waals surface area contributed by atoms with E-state index in [1.165, 1.54) is 6.08 Å². The lowest BCUT2D eigenvalue weighted by atomic mass is 10.0. The lowest BCUT2D eigenvalue weighted by Gasteiger charge is -2.06. The molecule has 0 aliphatic rings. The molecule has 0 aromatic heterocycles. The van der Waals surface area contributed by atoms with Crippen LogP contribution in [0, 0.1) is 20.8 Å². The summed E-state index contributed by atoms with van der Waals surface area (Å²) < 4.78 is 5.03. The molecule has 2 rings (SSSR count). The summed E-state index contributed by atoms with van der Waals surface area (Å²) in [4.78, 5) is 23.9. The average molecular weight is 308 g/mol. The van der Waals surface area contributed by atoms with Crippen LogP contribution in [0.3, 0.4) is 0 Å². The third kappa shape index (κ3) is 4.92. The van der Waals surface area contributed by atoms with Crippen molar-refractivity contribution >= 4 is 17.8 Å². The summed E-state index contributed by atoms with van der Waals surface area (Å²) in [6, 6.07) is 13.4. The topological polar surface area (TPSA) is 43.4 Å². The molecule has 0 atom stereocenters. The minimum absolute atomic E-state index is 0.191. The van der Waals surface area contributed by atoms with Gasteiger partial charge in [-0.15, -0.1) is 0 Å². The third-order valence-corrected chi connectivity index (χ3v) is 3.49. The normalized spacial score (nSPS) is 10.7. The summed E-state index contributed by atoms with van der Waals surface area (Å²) in [7, 11) is 0. The molecule has 2 aromatic carbocycles. The minimum atomic E-state index is -0.523. The van der Waals surface area contributed by atoms with Gasteiger partial charge in [-0.05, 0) is 44.0 Å². The van der Waals surface area contributed by atoms with Gasteiger partial charge >= 0.3 is 5.97 Å². The van der Waals surface area contributed by atoms with Crippen molar-refractivity contribution in [1.82, 2.24) is 0 Å². The second-order valence-corrected chi connectivity index (χ2v) is 5.60. The summed E-state index contributed by atoms with van der Waals surface area (Å²) in [6.45, 7) is 5.53. The lowest BCUT2D eigenvalue weighted by Crippen LogP contribution is -2.13. The van der Waals surface area contributed by atoms with Crippen molar-refractivity contribution < 1.29 is 14.3 Å². The molecule has 23 heavy (non-hydrogen) atoms. The van der Waals surface area contributed by atoms with E-state index in [2.05, 4.69) is 0 Å². The number of esters is 1. The van der Waals surface area contributed by atoms with Gasteiger partial charge in [0.2, 0.25) is 5.78 Å². The van der Waals surface area contributed by atoms with Gasteiger partial charge in [0.05, 0.1) is 0 Å². The fourth-order valence-electron chi connectivity index (χ4n) is 2.24. The molecule has 0 bridgehead atoms. The van der Waals surface area contributed by atoms with Crippen LogP contribution < -0.4 is 0 Å². The van der Waals surface area contributed by atoms with Crippen molar-refractivity contribution in [3.8, 4) is 0 Å². The van der Waals surface area contributed by atoms with E-state index in [9.17, 15) is 9.59 Å². The molecule has 0 saturated carbocycles. The maximum Gasteiger partial charge on any atom is 0.331 e. The Bertz CT molecular complexity index is 757. The largest absolute Gasteiger partial charge is 0.454 e. The van der Waals surface area contributed by atoms with Crippen molar-refractivity contribution in [3.63, 3.8) is 0 Å². The molecule has 118 valence electrons. The standard InChI is InChI=1S/C20H20O3/c1-14-5-4-6-17(11-14)9-10-20(22)23-13-19(21)18-12-15(2)7-8-16(18)3/h4-12H,13H2,1-3H3/b10-9+. The fraction of sp³-hybridized carbons (Fsp3) is 0.200. The van der Waals surface area contributed by atoms with Crippen LogP contribution in [0.25, 0.3) is 6.08 Å². The van der Waals surface area contributed by atoms with Gasteiger partial charge in [-0.3, -0.25) is 4.79 Å². The summed E-state index contributed by atoms with van der Waals surface area (Å²) >= 11 is 0. The molecule has 0 unspecified atom stereocenters. The van der Waals surface area contributed by atoms with Gasteiger partial charge in [0.15, 0.2) is 6.61 Å². The Morgan fingerprint density at radius 3 is 2.48 bits per heavy atom. The van der Waals surface area contributed by atoms with Gasteiger partial charge in [0, 0.05) is 11.6 Å². The van der Waals surface area contributed by atoms with Crippen molar-refractivity contribution in [3.05, 3.63) is 76.4 Å². The fourth-order valence-corrected chi connectivity index (χ4v) is 2.24. The van der Waals surface area contributed by atoms with E-state index in [0.717, 1.165) is 22.3 Å². The molecule has 0 heterocycles. The Kier molecular flexibility index (Phi) is 5.47. The predicted molar refractivity (Wildman–Crippen MR) is 91.4 cm³/mol. The number of Topliss-reactive ketones (excluding diaryl/α,β-unsaturated/α-hetero) is 1. The highest BCUT2D eigenvalue weighted by atomic mass is 16.5. The van der Waals surface area contributed by atoms with Crippen molar-refractivity contribution in [2.75, 3.05) is 6.61 Å². The summed E-state index contributed by atoms with van der Waals surface area (Å²) in [5.41, 5.74) is 4.52. The van der Waals surface area contributed by atoms with Gasteiger partial charge in [-0.1, -0.05) is 47.5 Å². The maximum atomic E-state index is 12.1. The zero-order valence-corrected chi connectivity index (χ0v) is 13.6. The Labute approximate surface area is 136 Å². The Morgan fingerprint density at radius 2 is 1.74 bits per heavy atom. The van der Waals surface area contributed by atoms with Gasteiger partial charge in [-0.2, -0.15) is 0 Å². The minimum Gasteiger partial charge on any atom is -0.454 e. The molecule has 3 nitrogen and oxygen atoms in total. The maximum absolute atomic E-state index is 12.1. The third-order valence-electron chi connectivity index (χ3n) is 3.49. The molecular formula is C20H20O3. The number of hydrogen-bond acceptors (Lipinski definition) is 3. The van der Waals surface area contributed by atoms with Gasteiger partial charge in [0.1, 0.15) is 0 Å². The molecule has 0 fully saturated rings. The first-order valence-corrected chi connectivity index (χ1v) is 7.47. The second-order valence-electron chi connectivity index (χ2n) is 5.60. The first-order valence-electron chi connectivity index (χ1n) is 7.47. The highest BCUT2D eigenvalue weighted by Gasteiger charge is 2.11. The summed E-state index contributed by atoms with van der Waals surface area (Å²) in [5, 5.41) is 0. The number of hydrogen-bond donors (Lipinski definition) is 0. The van der Waals surface area contributed by atoms with E-state index in [-0.39, 0.29) is 12.4 Å². The van der Waals surface area contributed by atoms with Crippen LogP contribution in [0.2, 0.25) is 0 Å².